The Morgan fingerprint density at radius 1 is 1.09 bits per heavy atom. The summed E-state index contributed by atoms with van der Waals surface area (Å²) in [6.45, 7) is 3.13. The third kappa shape index (κ3) is 6.21. The Bertz CT molecular complexity index is 1110. The first-order valence-electron chi connectivity index (χ1n) is 10.8. The number of rotatable bonds is 8. The van der Waals surface area contributed by atoms with Gasteiger partial charge in [-0.3, -0.25) is 4.79 Å². The highest BCUT2D eigenvalue weighted by Gasteiger charge is 2.18. The van der Waals surface area contributed by atoms with Crippen LogP contribution in [0, 0.1) is 17.2 Å². The van der Waals surface area contributed by atoms with Crippen LogP contribution < -0.4 is 21.3 Å². The van der Waals surface area contributed by atoms with Crippen LogP contribution in [0.15, 0.2) is 48.8 Å². The van der Waals surface area contributed by atoms with Crippen LogP contribution in [0.4, 0.5) is 17.3 Å². The summed E-state index contributed by atoms with van der Waals surface area (Å²) < 4.78 is 0. The van der Waals surface area contributed by atoms with Gasteiger partial charge >= 0.3 is 0 Å². The number of anilines is 3. The smallest absolute Gasteiger partial charge is 0.274 e. The number of benzene rings is 1. The highest BCUT2D eigenvalue weighted by atomic mass is 16.1. The van der Waals surface area contributed by atoms with E-state index < -0.39 is 0 Å². The fraction of sp³-hybridized carbons (Fsp3) is 0.304. The van der Waals surface area contributed by atoms with Gasteiger partial charge in [0, 0.05) is 19.2 Å². The van der Waals surface area contributed by atoms with Crippen molar-refractivity contribution in [3.63, 3.8) is 0 Å². The van der Waals surface area contributed by atoms with Crippen LogP contribution in [-0.4, -0.2) is 45.7 Å². The number of nitrogens with zero attached hydrogens (tertiary/aromatic N) is 5. The first kappa shape index (κ1) is 22.1. The number of nitriles is 1. The van der Waals surface area contributed by atoms with Crippen molar-refractivity contribution in [2.75, 3.05) is 30.3 Å². The number of carbonyl (C=O) groups excluding carboxylic acids is 1. The van der Waals surface area contributed by atoms with E-state index >= 15 is 0 Å². The van der Waals surface area contributed by atoms with Crippen LogP contribution in [0.25, 0.3) is 0 Å². The van der Waals surface area contributed by atoms with Gasteiger partial charge in [0.25, 0.3) is 5.91 Å². The Labute approximate surface area is 191 Å². The van der Waals surface area contributed by atoms with Gasteiger partial charge in [0.05, 0.1) is 18.1 Å². The fourth-order valence-electron chi connectivity index (χ4n) is 3.54. The number of piperidine rings is 1. The van der Waals surface area contributed by atoms with Gasteiger partial charge in [-0.15, -0.1) is 10.2 Å². The standard InChI is InChI=1S/C23H25N9O/c24-11-18-14-28-21(15-26-18)30-20-10-19(27-12-17-6-8-25-9-7-17)22(32-31-20)23(33)29-13-16-4-2-1-3-5-16/h1-5,10,14-15,17,25H,6-9,12-13H2,(H,29,33)(H2,27,28,30,31). The number of carbonyl (C=O) groups is 1. The minimum Gasteiger partial charge on any atom is -0.383 e. The van der Waals surface area contributed by atoms with Gasteiger partial charge in [0.1, 0.15) is 11.9 Å². The normalized spacial score (nSPS) is 13.7. The molecule has 1 saturated heterocycles. The van der Waals surface area contributed by atoms with E-state index in [4.69, 9.17) is 5.26 Å². The quantitative estimate of drug-likeness (QED) is 0.412. The Balaban J connectivity index is 1.50. The maximum Gasteiger partial charge on any atom is 0.274 e. The summed E-state index contributed by atoms with van der Waals surface area (Å²) >= 11 is 0. The molecule has 0 radical (unpaired) electrons. The average Bonchev–Trinajstić information content (AvgIpc) is 2.88. The summed E-state index contributed by atoms with van der Waals surface area (Å²) in [5, 5.41) is 29.9. The second kappa shape index (κ2) is 11.0. The molecule has 0 atom stereocenters. The number of aromatic nitrogens is 4. The molecule has 168 valence electrons. The van der Waals surface area contributed by atoms with Crippen molar-refractivity contribution in [2.24, 2.45) is 5.92 Å². The van der Waals surface area contributed by atoms with Gasteiger partial charge in [0.15, 0.2) is 17.2 Å². The first-order valence-corrected chi connectivity index (χ1v) is 10.8. The van der Waals surface area contributed by atoms with E-state index in [0.717, 1.165) is 38.0 Å². The van der Waals surface area contributed by atoms with Crippen molar-refractivity contribution in [3.8, 4) is 6.07 Å². The lowest BCUT2D eigenvalue weighted by atomic mass is 9.98. The van der Waals surface area contributed by atoms with E-state index in [0.29, 0.717) is 29.8 Å². The van der Waals surface area contributed by atoms with E-state index in [1.807, 2.05) is 36.4 Å². The Morgan fingerprint density at radius 2 is 1.91 bits per heavy atom. The third-order valence-corrected chi connectivity index (χ3v) is 5.37. The van der Waals surface area contributed by atoms with Crippen molar-refractivity contribution >= 4 is 23.2 Å². The van der Waals surface area contributed by atoms with Gasteiger partial charge in [-0.25, -0.2) is 9.97 Å². The average molecular weight is 444 g/mol. The minimum absolute atomic E-state index is 0.224. The minimum atomic E-state index is -0.302. The molecule has 4 rings (SSSR count). The maximum atomic E-state index is 12.9. The number of hydrogen-bond donors (Lipinski definition) is 4. The summed E-state index contributed by atoms with van der Waals surface area (Å²) in [6.07, 6.45) is 4.97. The molecule has 1 fully saturated rings. The van der Waals surface area contributed by atoms with Gasteiger partial charge < -0.3 is 21.3 Å². The van der Waals surface area contributed by atoms with Crippen molar-refractivity contribution < 1.29 is 4.79 Å². The molecule has 10 heteroatoms. The zero-order chi connectivity index (χ0) is 22.9. The monoisotopic (exact) mass is 443 g/mol. The summed E-state index contributed by atoms with van der Waals surface area (Å²) in [5.41, 5.74) is 2.05. The van der Waals surface area contributed by atoms with E-state index in [2.05, 4.69) is 41.4 Å². The summed E-state index contributed by atoms with van der Waals surface area (Å²) in [4.78, 5) is 21.0. The Hall–Kier alpha value is -4.10. The molecule has 0 spiro atoms. The zero-order valence-electron chi connectivity index (χ0n) is 18.1. The van der Waals surface area contributed by atoms with E-state index in [-0.39, 0.29) is 17.3 Å². The topological polar surface area (TPSA) is 141 Å². The second-order valence-electron chi connectivity index (χ2n) is 7.76. The summed E-state index contributed by atoms with van der Waals surface area (Å²) in [6, 6.07) is 13.4. The Morgan fingerprint density at radius 3 is 2.64 bits per heavy atom. The fourth-order valence-corrected chi connectivity index (χ4v) is 3.54. The van der Waals surface area contributed by atoms with Crippen LogP contribution in [0.1, 0.15) is 34.6 Å². The van der Waals surface area contributed by atoms with Crippen LogP contribution in [0.3, 0.4) is 0 Å². The van der Waals surface area contributed by atoms with E-state index in [1.54, 1.807) is 6.07 Å². The molecule has 3 aromatic rings. The molecule has 2 aromatic heterocycles. The zero-order valence-corrected chi connectivity index (χ0v) is 18.1. The lowest BCUT2D eigenvalue weighted by Gasteiger charge is -2.23. The van der Waals surface area contributed by atoms with Crippen LogP contribution in [-0.2, 0) is 6.54 Å². The van der Waals surface area contributed by atoms with Crippen molar-refractivity contribution in [2.45, 2.75) is 19.4 Å². The highest BCUT2D eigenvalue weighted by molar-refractivity contribution is 5.97. The molecule has 10 nitrogen and oxygen atoms in total. The number of hydrogen-bond acceptors (Lipinski definition) is 9. The van der Waals surface area contributed by atoms with Crippen molar-refractivity contribution in [1.82, 2.24) is 30.8 Å². The lowest BCUT2D eigenvalue weighted by Crippen LogP contribution is -2.32. The third-order valence-electron chi connectivity index (χ3n) is 5.37. The van der Waals surface area contributed by atoms with E-state index in [9.17, 15) is 4.79 Å². The van der Waals surface area contributed by atoms with E-state index in [1.165, 1.54) is 12.4 Å². The lowest BCUT2D eigenvalue weighted by molar-refractivity contribution is 0.0946. The van der Waals surface area contributed by atoms with Gasteiger partial charge in [-0.05, 0) is 37.4 Å². The SMILES string of the molecule is N#Cc1cnc(Nc2cc(NCC3CCNCC3)c(C(=O)NCc3ccccc3)nn2)cn1. The molecule has 0 aliphatic carbocycles. The van der Waals surface area contributed by atoms with Crippen molar-refractivity contribution in [3.05, 3.63) is 65.7 Å². The molecule has 4 N–H and O–H groups in total. The highest BCUT2D eigenvalue weighted by Crippen LogP contribution is 2.21. The maximum absolute atomic E-state index is 12.9. The summed E-state index contributed by atoms with van der Waals surface area (Å²) in [7, 11) is 0. The summed E-state index contributed by atoms with van der Waals surface area (Å²) in [5.74, 6) is 1.06. The predicted octanol–water partition coefficient (Wildman–Crippen LogP) is 2.22. The molecule has 0 unspecified atom stereocenters. The largest absolute Gasteiger partial charge is 0.383 e. The molecule has 3 heterocycles. The second-order valence-corrected chi connectivity index (χ2v) is 7.76. The number of amides is 1. The van der Waals surface area contributed by atoms with Crippen LogP contribution in [0.5, 0.6) is 0 Å². The molecular formula is C23H25N9O. The van der Waals surface area contributed by atoms with Crippen molar-refractivity contribution in [1.29, 1.82) is 5.26 Å². The van der Waals surface area contributed by atoms with Gasteiger partial charge in [-0.2, -0.15) is 5.26 Å². The van der Waals surface area contributed by atoms with Gasteiger partial charge in [0.2, 0.25) is 0 Å². The van der Waals surface area contributed by atoms with Crippen LogP contribution in [0.2, 0.25) is 0 Å². The first-order chi connectivity index (χ1) is 16.2. The molecule has 1 aromatic carbocycles. The molecule has 33 heavy (non-hydrogen) atoms. The van der Waals surface area contributed by atoms with Crippen LogP contribution >= 0.6 is 0 Å². The molecular weight excluding hydrogens is 418 g/mol. The Kier molecular flexibility index (Phi) is 7.35. The molecule has 1 amide bonds. The molecule has 0 bridgehead atoms. The van der Waals surface area contributed by atoms with Gasteiger partial charge in [-0.1, -0.05) is 30.3 Å². The molecule has 1 aliphatic rings. The number of nitrogens with one attached hydrogen (secondary N) is 4. The predicted molar refractivity (Wildman–Crippen MR) is 124 cm³/mol. The molecule has 1 aliphatic heterocycles. The molecule has 0 saturated carbocycles.